The average molecular weight is 237 g/mol. The highest BCUT2D eigenvalue weighted by atomic mass is 32.2. The van der Waals surface area contributed by atoms with Gasteiger partial charge in [-0.05, 0) is 23.2 Å². The predicted octanol–water partition coefficient (Wildman–Crippen LogP) is 1.79. The minimum atomic E-state index is -2.27. The van der Waals surface area contributed by atoms with Gasteiger partial charge in [0.15, 0.2) is 0 Å². The van der Waals surface area contributed by atoms with Crippen LogP contribution in [0, 0.1) is 0 Å². The number of thiol groups is 3. The largest absolute Gasteiger partial charge is 0.768 e. The van der Waals surface area contributed by atoms with E-state index in [0.29, 0.717) is 14.7 Å². The third-order valence-electron chi connectivity index (χ3n) is 1.27. The first-order chi connectivity index (χ1) is 5.54. The molecular formula is C6H5O2S4-. The molecule has 0 aliphatic rings. The maximum absolute atomic E-state index is 10.6. The molecule has 1 atom stereocenters. The van der Waals surface area contributed by atoms with Gasteiger partial charge in [-0.1, -0.05) is 0 Å². The third-order valence-corrected chi connectivity index (χ3v) is 3.78. The number of hydrogen-bond acceptors (Lipinski definition) is 5. The highest BCUT2D eigenvalue weighted by Crippen LogP contribution is 2.29. The summed E-state index contributed by atoms with van der Waals surface area (Å²) in [6.07, 6.45) is 0. The number of rotatable bonds is 1. The predicted molar refractivity (Wildman–Crippen MR) is 55.4 cm³/mol. The van der Waals surface area contributed by atoms with Crippen molar-refractivity contribution in [2.45, 2.75) is 19.6 Å². The monoisotopic (exact) mass is 237 g/mol. The Labute approximate surface area is 89.3 Å². The zero-order chi connectivity index (χ0) is 9.30. The molecule has 6 heteroatoms. The molecule has 66 valence electrons. The molecule has 12 heavy (non-hydrogen) atoms. The van der Waals surface area contributed by atoms with E-state index >= 15 is 0 Å². The Morgan fingerprint density at radius 1 is 1.17 bits per heavy atom. The molecule has 0 aliphatic carbocycles. The lowest BCUT2D eigenvalue weighted by molar-refractivity contribution is 0.534. The van der Waals surface area contributed by atoms with Crippen molar-refractivity contribution in [3.05, 3.63) is 12.1 Å². The molecular weight excluding hydrogens is 232 g/mol. The van der Waals surface area contributed by atoms with E-state index in [-0.39, 0.29) is 4.90 Å². The lowest BCUT2D eigenvalue weighted by Crippen LogP contribution is -1.91. The van der Waals surface area contributed by atoms with Crippen LogP contribution in [0.1, 0.15) is 0 Å². The van der Waals surface area contributed by atoms with E-state index in [0.717, 1.165) is 0 Å². The van der Waals surface area contributed by atoms with Gasteiger partial charge in [-0.25, -0.2) is 0 Å². The van der Waals surface area contributed by atoms with Gasteiger partial charge in [0.25, 0.3) is 0 Å². The van der Waals surface area contributed by atoms with Crippen LogP contribution in [0.25, 0.3) is 0 Å². The number of hydrogen-bond donors (Lipinski definition) is 3. The Morgan fingerprint density at radius 3 is 2.25 bits per heavy atom. The highest BCUT2D eigenvalue weighted by molar-refractivity contribution is 7.86. The minimum Gasteiger partial charge on any atom is -0.768 e. The zero-order valence-electron chi connectivity index (χ0n) is 5.72. The quantitative estimate of drug-likeness (QED) is 0.515. The number of benzene rings is 1. The Hall–Kier alpha value is 0.380. The van der Waals surface area contributed by atoms with Crippen LogP contribution in [-0.2, 0) is 11.1 Å². The lowest BCUT2D eigenvalue weighted by Gasteiger charge is -2.10. The van der Waals surface area contributed by atoms with Crippen molar-refractivity contribution in [2.75, 3.05) is 0 Å². The molecule has 1 aromatic rings. The van der Waals surface area contributed by atoms with Crippen molar-refractivity contribution in [2.24, 2.45) is 0 Å². The van der Waals surface area contributed by atoms with Crippen molar-refractivity contribution in [3.8, 4) is 0 Å². The summed E-state index contributed by atoms with van der Waals surface area (Å²) < 4.78 is 21.2. The molecule has 0 saturated carbocycles. The standard InChI is InChI=1S/C6H6O2S4/c7-12(8)4-2-1-3(9)5(10)6(4)11/h1-2,9-11H,(H,7,8)/p-1. The van der Waals surface area contributed by atoms with Gasteiger partial charge in [-0.2, -0.15) is 0 Å². The second kappa shape index (κ2) is 4.06. The fourth-order valence-corrected chi connectivity index (χ4v) is 2.09. The molecule has 0 heterocycles. The Kier molecular flexibility index (Phi) is 3.54. The van der Waals surface area contributed by atoms with E-state index in [1.165, 1.54) is 6.07 Å². The maximum atomic E-state index is 10.6. The van der Waals surface area contributed by atoms with Crippen molar-refractivity contribution in [1.82, 2.24) is 0 Å². The van der Waals surface area contributed by atoms with Crippen molar-refractivity contribution >= 4 is 49.0 Å². The van der Waals surface area contributed by atoms with Gasteiger partial charge in [-0.15, -0.1) is 37.9 Å². The average Bonchev–Trinajstić information content (AvgIpc) is 2.00. The first kappa shape index (κ1) is 10.5. The van der Waals surface area contributed by atoms with Crippen LogP contribution in [0.5, 0.6) is 0 Å². The van der Waals surface area contributed by atoms with Gasteiger partial charge < -0.3 is 4.55 Å². The van der Waals surface area contributed by atoms with Crippen LogP contribution in [0.2, 0.25) is 0 Å². The first-order valence-corrected chi connectivity index (χ1v) is 5.29. The topological polar surface area (TPSA) is 40.1 Å². The first-order valence-electron chi connectivity index (χ1n) is 2.87. The van der Waals surface area contributed by atoms with E-state index in [1.54, 1.807) is 6.07 Å². The van der Waals surface area contributed by atoms with Gasteiger partial charge in [-0.3, -0.25) is 4.21 Å². The minimum absolute atomic E-state index is 0.140. The van der Waals surface area contributed by atoms with E-state index < -0.39 is 11.1 Å². The summed E-state index contributed by atoms with van der Waals surface area (Å²) in [5.41, 5.74) is 0. The van der Waals surface area contributed by atoms with Crippen LogP contribution in [0.4, 0.5) is 0 Å². The zero-order valence-corrected chi connectivity index (χ0v) is 9.22. The molecule has 0 amide bonds. The van der Waals surface area contributed by atoms with Gasteiger partial charge >= 0.3 is 0 Å². The van der Waals surface area contributed by atoms with E-state index in [2.05, 4.69) is 37.9 Å². The van der Waals surface area contributed by atoms with E-state index in [1.807, 2.05) is 0 Å². The Morgan fingerprint density at radius 2 is 1.75 bits per heavy atom. The van der Waals surface area contributed by atoms with Gasteiger partial charge in [0.1, 0.15) is 0 Å². The fraction of sp³-hybridized carbons (Fsp3) is 0. The second-order valence-corrected chi connectivity index (χ2v) is 4.30. The molecule has 2 nitrogen and oxygen atoms in total. The molecule has 0 bridgehead atoms. The summed E-state index contributed by atoms with van der Waals surface area (Å²) in [5, 5.41) is 0. The molecule has 0 radical (unpaired) electrons. The molecule has 1 unspecified atom stereocenters. The van der Waals surface area contributed by atoms with Crippen molar-refractivity contribution < 1.29 is 8.76 Å². The molecule has 0 aliphatic heterocycles. The lowest BCUT2D eigenvalue weighted by atomic mass is 10.3. The highest BCUT2D eigenvalue weighted by Gasteiger charge is 2.05. The molecule has 0 N–H and O–H groups in total. The van der Waals surface area contributed by atoms with Crippen LogP contribution < -0.4 is 0 Å². The molecule has 0 spiro atoms. The molecule has 0 saturated heterocycles. The summed E-state index contributed by atoms with van der Waals surface area (Å²) in [6.45, 7) is 0. The Balaban J connectivity index is 3.36. The van der Waals surface area contributed by atoms with Crippen LogP contribution in [-0.4, -0.2) is 8.76 Å². The van der Waals surface area contributed by atoms with Gasteiger partial charge in [0.2, 0.25) is 0 Å². The summed E-state index contributed by atoms with van der Waals surface area (Å²) in [5.74, 6) is 0. The SMILES string of the molecule is O=S([O-])c1ccc(S)c(S)c1S. The maximum Gasteiger partial charge on any atom is 0.0394 e. The normalized spacial score (nSPS) is 13.0. The van der Waals surface area contributed by atoms with Crippen LogP contribution in [0.15, 0.2) is 31.7 Å². The third kappa shape index (κ3) is 2.00. The molecule has 1 rings (SSSR count). The summed E-state index contributed by atoms with van der Waals surface area (Å²) in [6, 6.07) is 3.00. The second-order valence-electron chi connectivity index (χ2n) is 2.01. The van der Waals surface area contributed by atoms with Gasteiger partial charge in [0, 0.05) is 19.6 Å². The van der Waals surface area contributed by atoms with Crippen molar-refractivity contribution in [1.29, 1.82) is 0 Å². The van der Waals surface area contributed by atoms with Gasteiger partial charge in [0.05, 0.1) is 0 Å². The smallest absolute Gasteiger partial charge is 0.0394 e. The fourth-order valence-electron chi connectivity index (χ4n) is 0.685. The Bertz CT molecular complexity index is 337. The molecule has 0 aromatic heterocycles. The summed E-state index contributed by atoms with van der Waals surface area (Å²) in [7, 11) is 0. The molecule has 0 fully saturated rings. The van der Waals surface area contributed by atoms with Crippen LogP contribution >= 0.6 is 37.9 Å². The van der Waals surface area contributed by atoms with E-state index in [4.69, 9.17) is 0 Å². The van der Waals surface area contributed by atoms with Crippen molar-refractivity contribution in [3.63, 3.8) is 0 Å². The van der Waals surface area contributed by atoms with E-state index in [9.17, 15) is 8.76 Å². The molecule has 1 aromatic carbocycles. The van der Waals surface area contributed by atoms with Crippen LogP contribution in [0.3, 0.4) is 0 Å². The summed E-state index contributed by atoms with van der Waals surface area (Å²) >= 11 is 9.84. The summed E-state index contributed by atoms with van der Waals surface area (Å²) in [4.78, 5) is 1.56.